The zero-order valence-corrected chi connectivity index (χ0v) is 13.5. The zero-order valence-electron chi connectivity index (χ0n) is 12.0. The van der Waals surface area contributed by atoms with Crippen molar-refractivity contribution in [3.8, 4) is 0 Å². The van der Waals surface area contributed by atoms with Gasteiger partial charge in [-0.25, -0.2) is 14.8 Å². The predicted octanol–water partition coefficient (Wildman–Crippen LogP) is 2.78. The van der Waals surface area contributed by atoms with Crippen LogP contribution in [0.4, 0.5) is 5.69 Å². The molecule has 0 amide bonds. The molecule has 0 saturated carbocycles. The van der Waals surface area contributed by atoms with Crippen molar-refractivity contribution in [3.05, 3.63) is 59.4 Å². The van der Waals surface area contributed by atoms with Crippen LogP contribution in [0.5, 0.6) is 0 Å². The number of sulfonamides is 1. The Labute approximate surface area is 142 Å². The second kappa shape index (κ2) is 6.06. The normalized spacial score (nSPS) is 11.4. The van der Waals surface area contributed by atoms with Crippen LogP contribution in [-0.2, 0) is 10.0 Å². The molecule has 122 valence electrons. The van der Waals surface area contributed by atoms with Crippen molar-refractivity contribution in [3.63, 3.8) is 0 Å². The number of aromatic carboxylic acids is 1. The van der Waals surface area contributed by atoms with E-state index in [9.17, 15) is 13.2 Å². The van der Waals surface area contributed by atoms with E-state index in [1.165, 1.54) is 36.5 Å². The molecular weight excluding hydrogens is 354 g/mol. The minimum absolute atomic E-state index is 0.114. The summed E-state index contributed by atoms with van der Waals surface area (Å²) in [6, 6.07) is 10.2. The second-order valence-electron chi connectivity index (χ2n) is 4.77. The summed E-state index contributed by atoms with van der Waals surface area (Å²) in [6.45, 7) is 0. The van der Waals surface area contributed by atoms with Crippen LogP contribution in [0.25, 0.3) is 10.9 Å². The average Bonchev–Trinajstić information content (AvgIpc) is 2.58. The van der Waals surface area contributed by atoms with E-state index in [1.54, 1.807) is 12.1 Å². The summed E-state index contributed by atoms with van der Waals surface area (Å²) < 4.78 is 27.2. The van der Waals surface area contributed by atoms with E-state index in [1.807, 2.05) is 0 Å². The van der Waals surface area contributed by atoms with Crippen LogP contribution in [0.1, 0.15) is 10.5 Å². The van der Waals surface area contributed by atoms with E-state index in [-0.39, 0.29) is 21.9 Å². The van der Waals surface area contributed by atoms with E-state index in [0.717, 1.165) is 0 Å². The van der Waals surface area contributed by atoms with Gasteiger partial charge in [0.25, 0.3) is 10.0 Å². The Morgan fingerprint density at radius 1 is 1.12 bits per heavy atom. The number of hydrogen-bond donors (Lipinski definition) is 2. The number of rotatable bonds is 4. The minimum atomic E-state index is -3.94. The van der Waals surface area contributed by atoms with E-state index in [0.29, 0.717) is 10.4 Å². The highest BCUT2D eigenvalue weighted by atomic mass is 35.5. The maximum Gasteiger partial charge on any atom is 0.354 e. The molecule has 2 aromatic heterocycles. The van der Waals surface area contributed by atoms with Crippen molar-refractivity contribution in [1.82, 2.24) is 9.97 Å². The van der Waals surface area contributed by atoms with Gasteiger partial charge < -0.3 is 5.11 Å². The van der Waals surface area contributed by atoms with Gasteiger partial charge in [0, 0.05) is 11.6 Å². The summed E-state index contributed by atoms with van der Waals surface area (Å²) in [5, 5.41) is 9.67. The molecule has 24 heavy (non-hydrogen) atoms. The molecule has 0 saturated heterocycles. The number of halogens is 1. The number of nitrogens with zero attached hydrogens (tertiary/aromatic N) is 2. The first-order valence-electron chi connectivity index (χ1n) is 6.65. The number of pyridine rings is 2. The van der Waals surface area contributed by atoms with Crippen LogP contribution in [-0.4, -0.2) is 29.5 Å². The lowest BCUT2D eigenvalue weighted by molar-refractivity contribution is 0.0691. The molecule has 0 spiro atoms. The Hall–Kier alpha value is -2.71. The average molecular weight is 364 g/mol. The molecule has 2 N–H and O–H groups in total. The molecule has 0 unspecified atom stereocenters. The van der Waals surface area contributed by atoms with E-state index < -0.39 is 16.0 Å². The van der Waals surface area contributed by atoms with Gasteiger partial charge in [-0.3, -0.25) is 4.72 Å². The SMILES string of the molecule is O=C(O)c1ccc2c(Cl)ccc(NS(=O)(=O)c3ccccn3)c2n1. The predicted molar refractivity (Wildman–Crippen MR) is 88.8 cm³/mol. The fourth-order valence-electron chi connectivity index (χ4n) is 2.09. The third-order valence-electron chi connectivity index (χ3n) is 3.18. The molecule has 0 fully saturated rings. The van der Waals surface area contributed by atoms with Gasteiger partial charge in [-0.15, -0.1) is 0 Å². The monoisotopic (exact) mass is 363 g/mol. The van der Waals surface area contributed by atoms with E-state index in [2.05, 4.69) is 14.7 Å². The van der Waals surface area contributed by atoms with Crippen LogP contribution in [0, 0.1) is 0 Å². The van der Waals surface area contributed by atoms with Gasteiger partial charge in [0.2, 0.25) is 0 Å². The molecule has 9 heteroatoms. The maximum atomic E-state index is 12.4. The molecule has 0 radical (unpaired) electrons. The molecule has 3 rings (SSSR count). The molecule has 2 heterocycles. The summed E-state index contributed by atoms with van der Waals surface area (Å²) in [4.78, 5) is 18.9. The minimum Gasteiger partial charge on any atom is -0.477 e. The van der Waals surface area contributed by atoms with Crippen LogP contribution in [0.15, 0.2) is 53.7 Å². The summed E-state index contributed by atoms with van der Waals surface area (Å²) in [5.41, 5.74) is 0.0353. The van der Waals surface area contributed by atoms with Gasteiger partial charge in [-0.1, -0.05) is 17.7 Å². The van der Waals surface area contributed by atoms with E-state index >= 15 is 0 Å². The smallest absolute Gasteiger partial charge is 0.354 e. The van der Waals surface area contributed by atoms with Crippen molar-refractivity contribution in [2.24, 2.45) is 0 Å². The molecule has 0 aliphatic rings. The standard InChI is InChI=1S/C15H10ClN3O4S/c16-10-5-7-11(14-9(10)4-6-12(18-14)15(20)21)19-24(22,23)13-3-1-2-8-17-13/h1-8,19H,(H,20,21). The molecule has 0 aliphatic heterocycles. The highest BCUT2D eigenvalue weighted by Gasteiger charge is 2.18. The number of carbonyl (C=O) groups is 1. The van der Waals surface area contributed by atoms with Gasteiger partial charge >= 0.3 is 5.97 Å². The molecule has 7 nitrogen and oxygen atoms in total. The highest BCUT2D eigenvalue weighted by Crippen LogP contribution is 2.30. The van der Waals surface area contributed by atoms with Crippen LogP contribution < -0.4 is 4.72 Å². The Morgan fingerprint density at radius 3 is 2.58 bits per heavy atom. The van der Waals surface area contributed by atoms with Gasteiger partial charge in [-0.2, -0.15) is 8.42 Å². The fraction of sp³-hybridized carbons (Fsp3) is 0. The zero-order chi connectivity index (χ0) is 17.3. The van der Waals surface area contributed by atoms with Crippen molar-refractivity contribution in [2.45, 2.75) is 5.03 Å². The molecular formula is C15H10ClN3O4S. The number of carboxylic acid groups (broad SMARTS) is 1. The summed E-state index contributed by atoms with van der Waals surface area (Å²) >= 11 is 6.07. The largest absolute Gasteiger partial charge is 0.477 e. The third-order valence-corrected chi connectivity index (χ3v) is 4.79. The van der Waals surface area contributed by atoms with Crippen molar-refractivity contribution < 1.29 is 18.3 Å². The first-order valence-corrected chi connectivity index (χ1v) is 8.51. The first-order chi connectivity index (χ1) is 11.4. The summed E-state index contributed by atoms with van der Waals surface area (Å²) in [5.74, 6) is -1.23. The first kappa shape index (κ1) is 16.2. The van der Waals surface area contributed by atoms with Gasteiger partial charge in [-0.05, 0) is 36.4 Å². The van der Waals surface area contributed by atoms with Crippen LogP contribution in [0.2, 0.25) is 5.02 Å². The second-order valence-corrected chi connectivity index (χ2v) is 6.80. The Kier molecular flexibility index (Phi) is 4.08. The molecule has 1 aromatic carbocycles. The van der Waals surface area contributed by atoms with Crippen molar-refractivity contribution in [1.29, 1.82) is 0 Å². The number of nitrogens with one attached hydrogen (secondary N) is 1. The summed E-state index contributed by atoms with van der Waals surface area (Å²) in [6.07, 6.45) is 1.36. The maximum absolute atomic E-state index is 12.4. The molecule has 0 aliphatic carbocycles. The van der Waals surface area contributed by atoms with Gasteiger partial charge in [0.15, 0.2) is 5.03 Å². The number of carboxylic acids is 1. The molecule has 0 atom stereocenters. The highest BCUT2D eigenvalue weighted by molar-refractivity contribution is 7.92. The van der Waals surface area contributed by atoms with Crippen LogP contribution >= 0.6 is 11.6 Å². The lowest BCUT2D eigenvalue weighted by Gasteiger charge is -2.11. The number of aromatic nitrogens is 2. The Morgan fingerprint density at radius 2 is 1.92 bits per heavy atom. The van der Waals surface area contributed by atoms with Gasteiger partial charge in [0.05, 0.1) is 16.2 Å². The fourth-order valence-corrected chi connectivity index (χ4v) is 3.32. The van der Waals surface area contributed by atoms with Crippen LogP contribution in [0.3, 0.4) is 0 Å². The summed E-state index contributed by atoms with van der Waals surface area (Å²) in [7, 11) is -3.94. The lowest BCUT2D eigenvalue weighted by atomic mass is 10.1. The molecule has 3 aromatic rings. The molecule has 0 bridgehead atoms. The number of fused-ring (bicyclic) bond motifs is 1. The quantitative estimate of drug-likeness (QED) is 0.737. The third kappa shape index (κ3) is 3.01. The van der Waals surface area contributed by atoms with Crippen molar-refractivity contribution in [2.75, 3.05) is 4.72 Å². The van der Waals surface area contributed by atoms with Gasteiger partial charge in [0.1, 0.15) is 5.69 Å². The Bertz CT molecular complexity index is 1040. The Balaban J connectivity index is 2.14. The number of benzene rings is 1. The number of hydrogen-bond acceptors (Lipinski definition) is 5. The lowest BCUT2D eigenvalue weighted by Crippen LogP contribution is -2.15. The van der Waals surface area contributed by atoms with E-state index in [4.69, 9.17) is 16.7 Å². The number of anilines is 1. The van der Waals surface area contributed by atoms with Crippen molar-refractivity contribution >= 4 is 44.2 Å². The topological polar surface area (TPSA) is 109 Å².